The van der Waals surface area contributed by atoms with Crippen molar-refractivity contribution >= 4 is 17.7 Å². The van der Waals surface area contributed by atoms with Gasteiger partial charge in [-0.25, -0.2) is 4.68 Å². The number of nitrogens with zero attached hydrogens (tertiary/aromatic N) is 5. The molecule has 0 radical (unpaired) electrons. The van der Waals surface area contributed by atoms with Crippen LogP contribution in [0.3, 0.4) is 0 Å². The number of thioether (sulfide) groups is 1. The highest BCUT2D eigenvalue weighted by molar-refractivity contribution is 8.01. The number of carbonyl (C=O) groups excluding carboxylic acids is 1. The van der Waals surface area contributed by atoms with Gasteiger partial charge in [0, 0.05) is 4.75 Å². The van der Waals surface area contributed by atoms with Crippen LogP contribution in [0.15, 0.2) is 24.3 Å². The van der Waals surface area contributed by atoms with E-state index in [1.165, 1.54) is 0 Å². The molecule has 3 heterocycles. The van der Waals surface area contributed by atoms with Crippen LogP contribution in [-0.2, 0) is 11.3 Å². The summed E-state index contributed by atoms with van der Waals surface area (Å²) >= 11 is 1.71. The van der Waals surface area contributed by atoms with E-state index < -0.39 is 6.04 Å². The highest BCUT2D eigenvalue weighted by Crippen LogP contribution is 2.56. The lowest BCUT2D eigenvalue weighted by Crippen LogP contribution is -2.65. The summed E-state index contributed by atoms with van der Waals surface area (Å²) in [6.07, 6.45) is 0.137. The van der Waals surface area contributed by atoms with Crippen LogP contribution in [0.4, 0.5) is 0 Å². The Morgan fingerprint density at radius 1 is 1.30 bits per heavy atom. The standard InChI is InChI=1S/C18H24N6O2S/c1-10(2)26-12-7-5-11(6-8-12)9-23-15(20-21-22-23)14-18(3,4)27-17-13(19)16(25)24(14)17/h5-8,10,13-14,17H,9,19H2,1-4H3. The monoisotopic (exact) mass is 388 g/mol. The molecule has 2 aromatic rings. The molecule has 2 N–H and O–H groups in total. The Morgan fingerprint density at radius 3 is 2.67 bits per heavy atom. The van der Waals surface area contributed by atoms with Crippen molar-refractivity contribution in [3.05, 3.63) is 35.7 Å². The Bertz CT molecular complexity index is 850. The number of hydrogen-bond donors (Lipinski definition) is 1. The first-order valence-electron chi connectivity index (χ1n) is 9.05. The van der Waals surface area contributed by atoms with Crippen LogP contribution in [0.25, 0.3) is 0 Å². The molecule has 0 spiro atoms. The summed E-state index contributed by atoms with van der Waals surface area (Å²) in [5, 5.41) is 12.3. The maximum absolute atomic E-state index is 12.3. The minimum atomic E-state index is -0.433. The van der Waals surface area contributed by atoms with Gasteiger partial charge in [-0.05, 0) is 55.8 Å². The van der Waals surface area contributed by atoms with E-state index in [0.717, 1.165) is 11.3 Å². The van der Waals surface area contributed by atoms with Crippen LogP contribution in [0.2, 0.25) is 0 Å². The number of carbonyl (C=O) groups is 1. The predicted molar refractivity (Wildman–Crippen MR) is 102 cm³/mol. The highest BCUT2D eigenvalue weighted by Gasteiger charge is 2.61. The first-order chi connectivity index (χ1) is 12.8. The van der Waals surface area contributed by atoms with Crippen molar-refractivity contribution in [1.29, 1.82) is 0 Å². The molecule has 9 heteroatoms. The van der Waals surface area contributed by atoms with E-state index in [0.29, 0.717) is 12.4 Å². The van der Waals surface area contributed by atoms with E-state index in [1.54, 1.807) is 16.4 Å². The van der Waals surface area contributed by atoms with Crippen molar-refractivity contribution in [2.75, 3.05) is 0 Å². The molecular weight excluding hydrogens is 364 g/mol. The minimum absolute atomic E-state index is 0.00452. The second kappa shape index (κ2) is 6.49. The molecule has 8 nitrogen and oxygen atoms in total. The van der Waals surface area contributed by atoms with Crippen molar-refractivity contribution in [2.24, 2.45) is 5.73 Å². The molecule has 0 saturated carbocycles. The largest absolute Gasteiger partial charge is 0.491 e. The molecule has 2 saturated heterocycles. The summed E-state index contributed by atoms with van der Waals surface area (Å²) in [7, 11) is 0. The fraction of sp³-hybridized carbons (Fsp3) is 0.556. The number of amides is 1. The zero-order chi connectivity index (χ0) is 19.3. The Kier molecular flexibility index (Phi) is 4.38. The van der Waals surface area contributed by atoms with Gasteiger partial charge in [0.25, 0.3) is 0 Å². The van der Waals surface area contributed by atoms with Crippen LogP contribution in [0.1, 0.15) is 45.1 Å². The molecule has 27 heavy (non-hydrogen) atoms. The number of benzene rings is 1. The van der Waals surface area contributed by atoms with Gasteiger partial charge in [0.1, 0.15) is 23.2 Å². The third-order valence-electron chi connectivity index (χ3n) is 4.91. The van der Waals surface area contributed by atoms with Gasteiger partial charge >= 0.3 is 0 Å². The first kappa shape index (κ1) is 18.2. The summed E-state index contributed by atoms with van der Waals surface area (Å²) in [6.45, 7) is 8.74. The molecule has 1 aromatic heterocycles. The van der Waals surface area contributed by atoms with Crippen LogP contribution in [0, 0.1) is 0 Å². The number of rotatable bonds is 5. The summed E-state index contributed by atoms with van der Waals surface area (Å²) in [5.41, 5.74) is 7.03. The highest BCUT2D eigenvalue weighted by atomic mass is 32.2. The smallest absolute Gasteiger partial charge is 0.244 e. The number of aromatic nitrogens is 4. The van der Waals surface area contributed by atoms with Gasteiger partial charge in [-0.2, -0.15) is 0 Å². The van der Waals surface area contributed by atoms with Crippen LogP contribution in [0.5, 0.6) is 5.75 Å². The fourth-order valence-electron chi connectivity index (χ4n) is 3.70. The molecule has 144 valence electrons. The molecule has 1 aromatic carbocycles. The minimum Gasteiger partial charge on any atom is -0.491 e. The molecule has 1 amide bonds. The first-order valence-corrected chi connectivity index (χ1v) is 9.93. The summed E-state index contributed by atoms with van der Waals surface area (Å²) < 4.78 is 7.24. The van der Waals surface area contributed by atoms with Crippen molar-refractivity contribution in [1.82, 2.24) is 25.1 Å². The normalized spacial score (nSPS) is 26.2. The summed E-state index contributed by atoms with van der Waals surface area (Å²) in [4.78, 5) is 14.2. The average Bonchev–Trinajstić information content (AvgIpc) is 3.15. The topological polar surface area (TPSA) is 99.2 Å². The van der Waals surface area contributed by atoms with Crippen molar-refractivity contribution < 1.29 is 9.53 Å². The fourth-order valence-corrected chi connectivity index (χ4v) is 5.27. The summed E-state index contributed by atoms with van der Waals surface area (Å²) in [6, 6.07) is 7.28. The molecule has 2 fully saturated rings. The van der Waals surface area contributed by atoms with Crippen molar-refractivity contribution in [3.8, 4) is 5.75 Å². The maximum Gasteiger partial charge on any atom is 0.244 e. The Hall–Kier alpha value is -2.13. The lowest BCUT2D eigenvalue weighted by molar-refractivity contribution is -0.147. The van der Waals surface area contributed by atoms with Gasteiger partial charge in [0.15, 0.2) is 5.82 Å². The lowest BCUT2D eigenvalue weighted by atomic mass is 9.95. The van der Waals surface area contributed by atoms with Crippen molar-refractivity contribution in [3.63, 3.8) is 0 Å². The number of nitrogens with two attached hydrogens (primary N) is 1. The van der Waals surface area contributed by atoms with Gasteiger partial charge < -0.3 is 15.4 Å². The third kappa shape index (κ3) is 3.08. The van der Waals surface area contributed by atoms with Gasteiger partial charge in [-0.3, -0.25) is 4.79 Å². The van der Waals surface area contributed by atoms with Crippen LogP contribution < -0.4 is 10.5 Å². The number of β-lactam (4-membered cyclic amide) rings is 1. The van der Waals surface area contributed by atoms with E-state index in [-0.39, 0.29) is 28.2 Å². The zero-order valence-corrected chi connectivity index (χ0v) is 16.7. The number of fused-ring (bicyclic) bond motifs is 1. The van der Waals surface area contributed by atoms with Gasteiger partial charge in [0.2, 0.25) is 5.91 Å². The molecule has 3 atom stereocenters. The SMILES string of the molecule is CC(C)Oc1ccc(Cn2nnnc2C2N3C(=O)C(N)C3SC2(C)C)cc1. The van der Waals surface area contributed by atoms with Gasteiger partial charge in [-0.1, -0.05) is 12.1 Å². The van der Waals surface area contributed by atoms with E-state index in [9.17, 15) is 4.79 Å². The van der Waals surface area contributed by atoms with E-state index in [2.05, 4.69) is 29.4 Å². The van der Waals surface area contributed by atoms with E-state index in [1.807, 2.05) is 43.0 Å². The molecule has 4 rings (SSSR count). The molecule has 3 unspecified atom stereocenters. The van der Waals surface area contributed by atoms with Gasteiger partial charge in [0.05, 0.1) is 12.6 Å². The molecule has 2 aliphatic heterocycles. The second-order valence-corrected chi connectivity index (χ2v) is 9.56. The number of ether oxygens (including phenoxy) is 1. The molecule has 0 bridgehead atoms. The predicted octanol–water partition coefficient (Wildman–Crippen LogP) is 1.57. The van der Waals surface area contributed by atoms with Crippen LogP contribution >= 0.6 is 11.8 Å². The number of tetrazole rings is 1. The van der Waals surface area contributed by atoms with Crippen molar-refractivity contribution in [2.45, 2.75) is 62.5 Å². The lowest BCUT2D eigenvalue weighted by Gasteiger charge is -2.42. The second-order valence-electron chi connectivity index (χ2n) is 7.79. The molecule has 2 aliphatic rings. The Labute approximate surface area is 162 Å². The quantitative estimate of drug-likeness (QED) is 0.776. The third-order valence-corrected chi connectivity index (χ3v) is 6.51. The van der Waals surface area contributed by atoms with Crippen LogP contribution in [-0.4, -0.2) is 53.3 Å². The zero-order valence-electron chi connectivity index (χ0n) is 15.9. The number of hydrogen-bond acceptors (Lipinski definition) is 7. The van der Waals surface area contributed by atoms with Gasteiger partial charge in [-0.15, -0.1) is 16.9 Å². The Morgan fingerprint density at radius 2 is 2.00 bits per heavy atom. The molecule has 0 aliphatic carbocycles. The average molecular weight is 388 g/mol. The molecular formula is C18H24N6O2S. The Balaban J connectivity index is 1.57. The summed E-state index contributed by atoms with van der Waals surface area (Å²) in [5.74, 6) is 1.49. The van der Waals surface area contributed by atoms with E-state index >= 15 is 0 Å². The maximum atomic E-state index is 12.3. The van der Waals surface area contributed by atoms with E-state index in [4.69, 9.17) is 10.5 Å².